The van der Waals surface area contributed by atoms with Crippen LogP contribution in [-0.4, -0.2) is 53.2 Å². The number of carbonyl (C=O) groups is 3. The van der Waals surface area contributed by atoms with E-state index in [0.29, 0.717) is 12.8 Å². The van der Waals surface area contributed by atoms with E-state index in [9.17, 15) is 19.5 Å². The lowest BCUT2D eigenvalue weighted by Gasteiger charge is -2.37. The van der Waals surface area contributed by atoms with E-state index in [2.05, 4.69) is 29.6 Å². The second kappa shape index (κ2) is 9.65. The van der Waals surface area contributed by atoms with Gasteiger partial charge in [0.15, 0.2) is 0 Å². The molecule has 2 N–H and O–H groups in total. The van der Waals surface area contributed by atoms with Crippen molar-refractivity contribution in [2.24, 2.45) is 5.92 Å². The fraction of sp³-hybridized carbons (Fsp3) is 0.423. The lowest BCUT2D eigenvalue weighted by Crippen LogP contribution is -2.49. The summed E-state index contributed by atoms with van der Waals surface area (Å²) in [6.45, 7) is 4.11. The summed E-state index contributed by atoms with van der Waals surface area (Å²) >= 11 is 0. The third-order valence-electron chi connectivity index (χ3n) is 6.74. The molecule has 3 atom stereocenters. The van der Waals surface area contributed by atoms with Crippen molar-refractivity contribution in [3.8, 4) is 11.1 Å². The molecule has 0 aromatic heterocycles. The molecule has 1 saturated heterocycles. The minimum Gasteiger partial charge on any atom is -0.481 e. The zero-order chi connectivity index (χ0) is 23.5. The van der Waals surface area contributed by atoms with Gasteiger partial charge in [-0.25, -0.2) is 4.79 Å². The van der Waals surface area contributed by atoms with Crippen molar-refractivity contribution in [2.45, 2.75) is 51.1 Å². The fourth-order valence-corrected chi connectivity index (χ4v) is 4.93. The molecule has 7 heteroatoms. The van der Waals surface area contributed by atoms with Crippen LogP contribution < -0.4 is 5.32 Å². The Labute approximate surface area is 193 Å². The van der Waals surface area contributed by atoms with Gasteiger partial charge in [0.05, 0.1) is 5.92 Å². The molecule has 3 unspecified atom stereocenters. The average Bonchev–Trinajstić information content (AvgIpc) is 3.11. The monoisotopic (exact) mass is 450 g/mol. The predicted molar refractivity (Wildman–Crippen MR) is 124 cm³/mol. The molecule has 0 saturated carbocycles. The van der Waals surface area contributed by atoms with Gasteiger partial charge in [0, 0.05) is 31.0 Å². The molecule has 2 aromatic carbocycles. The number of piperidine rings is 1. The summed E-state index contributed by atoms with van der Waals surface area (Å²) in [6, 6.07) is 15.8. The molecule has 1 heterocycles. The first kappa shape index (κ1) is 22.8. The number of hydrogen-bond acceptors (Lipinski definition) is 4. The van der Waals surface area contributed by atoms with E-state index in [-0.39, 0.29) is 37.4 Å². The number of benzene rings is 2. The molecule has 2 aromatic rings. The van der Waals surface area contributed by atoms with Gasteiger partial charge in [-0.15, -0.1) is 0 Å². The topological polar surface area (TPSA) is 95.9 Å². The van der Waals surface area contributed by atoms with Crippen molar-refractivity contribution in [1.29, 1.82) is 0 Å². The molecule has 7 nitrogen and oxygen atoms in total. The van der Waals surface area contributed by atoms with Crippen molar-refractivity contribution in [3.63, 3.8) is 0 Å². The smallest absolute Gasteiger partial charge is 0.407 e. The van der Waals surface area contributed by atoms with Crippen LogP contribution >= 0.6 is 0 Å². The summed E-state index contributed by atoms with van der Waals surface area (Å²) in [5.74, 6) is -1.58. The number of carboxylic acid groups (broad SMARTS) is 1. The number of aliphatic carboxylic acids is 1. The molecule has 1 aliphatic heterocycles. The quantitative estimate of drug-likeness (QED) is 0.693. The highest BCUT2D eigenvalue weighted by molar-refractivity contribution is 5.80. The maximum absolute atomic E-state index is 12.8. The molecule has 0 spiro atoms. The van der Waals surface area contributed by atoms with Gasteiger partial charge in [0.25, 0.3) is 0 Å². The third kappa shape index (κ3) is 4.87. The van der Waals surface area contributed by atoms with Gasteiger partial charge in [-0.3, -0.25) is 9.59 Å². The van der Waals surface area contributed by atoms with Crippen molar-refractivity contribution in [3.05, 3.63) is 59.7 Å². The van der Waals surface area contributed by atoms with Crippen LogP contribution in [0.25, 0.3) is 11.1 Å². The van der Waals surface area contributed by atoms with Crippen LogP contribution in [0.1, 0.15) is 50.2 Å². The van der Waals surface area contributed by atoms with E-state index < -0.39 is 24.0 Å². The Bertz CT molecular complexity index is 1010. The van der Waals surface area contributed by atoms with Crippen molar-refractivity contribution < 1.29 is 24.2 Å². The first-order valence-corrected chi connectivity index (χ1v) is 11.5. The van der Waals surface area contributed by atoms with E-state index in [1.165, 1.54) is 0 Å². The van der Waals surface area contributed by atoms with Crippen LogP contribution in [0.5, 0.6) is 0 Å². The van der Waals surface area contributed by atoms with Crippen LogP contribution in [0.2, 0.25) is 0 Å². The number of carbonyl (C=O) groups excluding carboxylic acids is 2. The largest absolute Gasteiger partial charge is 0.481 e. The first-order valence-electron chi connectivity index (χ1n) is 11.5. The number of nitrogens with one attached hydrogen (secondary N) is 1. The summed E-state index contributed by atoms with van der Waals surface area (Å²) in [5, 5.41) is 12.0. The van der Waals surface area contributed by atoms with E-state index in [4.69, 9.17) is 4.74 Å². The van der Waals surface area contributed by atoms with E-state index in [0.717, 1.165) is 22.3 Å². The molecule has 2 amide bonds. The summed E-state index contributed by atoms with van der Waals surface area (Å²) in [7, 11) is 0. The molecule has 1 fully saturated rings. The SMILES string of the molecule is CC(CC(=O)N1CC(C(=O)O)CCC1C)NC(=O)OCC1c2ccccc2-c2ccccc21. The maximum Gasteiger partial charge on any atom is 0.407 e. The molecule has 1 aliphatic carbocycles. The summed E-state index contributed by atoms with van der Waals surface area (Å²) in [4.78, 5) is 38.2. The van der Waals surface area contributed by atoms with Crippen LogP contribution in [-0.2, 0) is 14.3 Å². The Hall–Kier alpha value is -3.35. The number of ether oxygens (including phenoxy) is 1. The molecule has 2 aliphatic rings. The maximum atomic E-state index is 12.8. The van der Waals surface area contributed by atoms with Gasteiger partial charge in [0.1, 0.15) is 6.61 Å². The van der Waals surface area contributed by atoms with Crippen molar-refractivity contribution >= 4 is 18.0 Å². The minimum atomic E-state index is -0.871. The van der Waals surface area contributed by atoms with Gasteiger partial charge < -0.3 is 20.1 Å². The Balaban J connectivity index is 1.31. The normalized spacial score (nSPS) is 20.5. The highest BCUT2D eigenvalue weighted by Gasteiger charge is 2.33. The highest BCUT2D eigenvalue weighted by atomic mass is 16.5. The van der Waals surface area contributed by atoms with Crippen LogP contribution in [0.4, 0.5) is 4.79 Å². The number of likely N-dealkylation sites (tertiary alicyclic amines) is 1. The number of rotatable bonds is 6. The van der Waals surface area contributed by atoms with Gasteiger partial charge in [0.2, 0.25) is 5.91 Å². The van der Waals surface area contributed by atoms with E-state index in [1.54, 1.807) is 11.8 Å². The van der Waals surface area contributed by atoms with Gasteiger partial charge in [-0.2, -0.15) is 0 Å². The molecule has 174 valence electrons. The number of nitrogens with zero attached hydrogens (tertiary/aromatic N) is 1. The Morgan fingerprint density at radius 1 is 1.06 bits per heavy atom. The summed E-state index contributed by atoms with van der Waals surface area (Å²) < 4.78 is 5.55. The second-order valence-electron chi connectivity index (χ2n) is 9.08. The highest BCUT2D eigenvalue weighted by Crippen LogP contribution is 2.44. The Kier molecular flexibility index (Phi) is 6.67. The number of alkyl carbamates (subject to hydrolysis) is 1. The lowest BCUT2D eigenvalue weighted by molar-refractivity contribution is -0.147. The Morgan fingerprint density at radius 3 is 2.27 bits per heavy atom. The van der Waals surface area contributed by atoms with Gasteiger partial charge >= 0.3 is 12.1 Å². The minimum absolute atomic E-state index is 0.00486. The zero-order valence-electron chi connectivity index (χ0n) is 19.0. The first-order chi connectivity index (χ1) is 15.8. The van der Waals surface area contributed by atoms with Crippen molar-refractivity contribution in [1.82, 2.24) is 10.2 Å². The number of amides is 2. The fourth-order valence-electron chi connectivity index (χ4n) is 4.93. The van der Waals surface area contributed by atoms with Crippen molar-refractivity contribution in [2.75, 3.05) is 13.2 Å². The summed E-state index contributed by atoms with van der Waals surface area (Å²) in [5.41, 5.74) is 4.61. The average molecular weight is 451 g/mol. The van der Waals surface area contributed by atoms with Gasteiger partial charge in [-0.1, -0.05) is 48.5 Å². The molecular weight excluding hydrogens is 420 g/mol. The summed E-state index contributed by atoms with van der Waals surface area (Å²) in [6.07, 6.45) is 0.776. The third-order valence-corrected chi connectivity index (χ3v) is 6.74. The molecule has 33 heavy (non-hydrogen) atoms. The molecule has 0 bridgehead atoms. The number of carboxylic acids is 1. The van der Waals surface area contributed by atoms with Crippen LogP contribution in [0.15, 0.2) is 48.5 Å². The standard InChI is InChI=1S/C26H30N2O5/c1-16(13-24(29)28-14-18(25(30)31)12-11-17(28)2)27-26(32)33-15-23-21-9-5-3-7-19(21)20-8-4-6-10-22(20)23/h3-10,16-18,23H,11-15H2,1-2H3,(H,27,32)(H,30,31). The van der Waals surface area contributed by atoms with E-state index in [1.807, 2.05) is 31.2 Å². The van der Waals surface area contributed by atoms with Crippen LogP contribution in [0.3, 0.4) is 0 Å². The second-order valence-corrected chi connectivity index (χ2v) is 9.08. The molecular formula is C26H30N2O5. The molecule has 0 radical (unpaired) electrons. The molecule has 4 rings (SSSR count). The number of fused-ring (bicyclic) bond motifs is 3. The van der Waals surface area contributed by atoms with Crippen LogP contribution in [0, 0.1) is 5.92 Å². The lowest BCUT2D eigenvalue weighted by atomic mass is 9.93. The van der Waals surface area contributed by atoms with Gasteiger partial charge in [-0.05, 0) is 48.9 Å². The van der Waals surface area contributed by atoms with E-state index >= 15 is 0 Å². The zero-order valence-corrected chi connectivity index (χ0v) is 19.0. The Morgan fingerprint density at radius 2 is 1.67 bits per heavy atom. The number of hydrogen-bond donors (Lipinski definition) is 2. The predicted octanol–water partition coefficient (Wildman–Crippen LogP) is 4.02.